The van der Waals surface area contributed by atoms with Crippen molar-refractivity contribution >= 4 is 27.8 Å². The molecule has 0 amide bonds. The lowest BCUT2D eigenvalue weighted by atomic mass is 10.1. The van der Waals surface area contributed by atoms with E-state index in [0.717, 1.165) is 66.0 Å². The van der Waals surface area contributed by atoms with Gasteiger partial charge in [0.1, 0.15) is 18.0 Å². The Bertz CT molecular complexity index is 1120. The van der Waals surface area contributed by atoms with Crippen LogP contribution in [0, 0.1) is 0 Å². The average molecular weight is 390 g/mol. The highest BCUT2D eigenvalue weighted by molar-refractivity contribution is 5.90. The van der Waals surface area contributed by atoms with Gasteiger partial charge >= 0.3 is 0 Å². The summed E-state index contributed by atoms with van der Waals surface area (Å²) in [5, 5.41) is 1.89. The first-order valence-electron chi connectivity index (χ1n) is 9.75. The van der Waals surface area contributed by atoms with E-state index < -0.39 is 0 Å². The van der Waals surface area contributed by atoms with Crippen molar-refractivity contribution in [3.05, 3.63) is 48.5 Å². The molecule has 1 aliphatic heterocycles. The third-order valence-corrected chi connectivity index (χ3v) is 5.14. The molecule has 0 unspecified atom stereocenters. The maximum atomic E-state index is 6.01. The largest absolute Gasteiger partial charge is 0.476 e. The Morgan fingerprint density at radius 1 is 1.03 bits per heavy atom. The zero-order valence-electron chi connectivity index (χ0n) is 16.0. The van der Waals surface area contributed by atoms with Crippen LogP contribution in [0.5, 0.6) is 5.88 Å². The Hall–Kier alpha value is -3.16. The fourth-order valence-electron chi connectivity index (χ4n) is 3.60. The Labute approximate surface area is 168 Å². The summed E-state index contributed by atoms with van der Waals surface area (Å²) in [5.41, 5.74) is 8.44. The molecule has 0 atom stereocenters. The van der Waals surface area contributed by atoms with Crippen LogP contribution in [-0.4, -0.2) is 54.3 Å². The quantitative estimate of drug-likeness (QED) is 0.559. The first-order chi connectivity index (χ1) is 14.3. The van der Waals surface area contributed by atoms with Crippen LogP contribution in [0.25, 0.3) is 33.2 Å². The van der Waals surface area contributed by atoms with E-state index in [-0.39, 0.29) is 5.95 Å². The molecular weight excluding hydrogens is 368 g/mol. The van der Waals surface area contributed by atoms with E-state index in [1.165, 1.54) is 0 Å². The number of nitrogens with two attached hydrogens (primary N) is 1. The Kier molecular flexibility index (Phi) is 4.75. The van der Waals surface area contributed by atoms with Gasteiger partial charge in [-0.1, -0.05) is 18.2 Å². The van der Waals surface area contributed by atoms with Crippen molar-refractivity contribution in [2.75, 3.05) is 45.2 Å². The molecule has 1 aliphatic rings. The van der Waals surface area contributed by atoms with Crippen LogP contribution in [0.4, 0.5) is 5.95 Å². The lowest BCUT2D eigenvalue weighted by Gasteiger charge is -2.26. The van der Waals surface area contributed by atoms with Crippen molar-refractivity contribution < 1.29 is 13.9 Å². The van der Waals surface area contributed by atoms with E-state index in [1.54, 1.807) is 0 Å². The summed E-state index contributed by atoms with van der Waals surface area (Å²) in [6, 6.07) is 15.9. The number of ether oxygens (including phenoxy) is 2. The predicted molar refractivity (Wildman–Crippen MR) is 112 cm³/mol. The number of rotatable bonds is 5. The van der Waals surface area contributed by atoms with Crippen LogP contribution in [0.15, 0.2) is 52.9 Å². The van der Waals surface area contributed by atoms with Crippen molar-refractivity contribution in [1.29, 1.82) is 0 Å². The van der Waals surface area contributed by atoms with Crippen molar-refractivity contribution in [3.63, 3.8) is 0 Å². The van der Waals surface area contributed by atoms with Crippen LogP contribution in [0.2, 0.25) is 0 Å². The fourth-order valence-corrected chi connectivity index (χ4v) is 3.60. The van der Waals surface area contributed by atoms with Gasteiger partial charge in [0.2, 0.25) is 11.8 Å². The summed E-state index contributed by atoms with van der Waals surface area (Å²) in [4.78, 5) is 11.0. The molecule has 0 radical (unpaired) electrons. The zero-order chi connectivity index (χ0) is 19.6. The minimum Gasteiger partial charge on any atom is -0.476 e. The van der Waals surface area contributed by atoms with E-state index in [4.69, 9.17) is 19.6 Å². The van der Waals surface area contributed by atoms with E-state index in [9.17, 15) is 0 Å². The van der Waals surface area contributed by atoms with Crippen molar-refractivity contribution in [1.82, 2.24) is 14.9 Å². The highest BCUT2D eigenvalue weighted by Gasteiger charge is 2.14. The van der Waals surface area contributed by atoms with Gasteiger partial charge in [-0.15, -0.1) is 0 Å². The third kappa shape index (κ3) is 3.74. The molecule has 4 aromatic rings. The van der Waals surface area contributed by atoms with Gasteiger partial charge in [-0.25, -0.2) is 4.98 Å². The molecule has 3 heterocycles. The summed E-state index contributed by atoms with van der Waals surface area (Å²) in [6.07, 6.45) is 0. The van der Waals surface area contributed by atoms with E-state index in [2.05, 4.69) is 14.9 Å². The SMILES string of the molecule is Nc1nc(OCCN2CCOCC2)c2cc(-c3cc4ccccc4o3)ccc2n1. The van der Waals surface area contributed by atoms with Gasteiger partial charge < -0.3 is 19.6 Å². The maximum Gasteiger partial charge on any atom is 0.226 e. The molecule has 148 valence electrons. The standard InChI is InChI=1S/C22H22N4O3/c23-22-24-18-6-5-16(20-14-15-3-1-2-4-19(15)29-20)13-17(18)21(25-22)28-12-9-26-7-10-27-11-8-26/h1-6,13-14H,7-12H2,(H2,23,24,25). The summed E-state index contributed by atoms with van der Waals surface area (Å²) in [7, 11) is 0. The fraction of sp³-hybridized carbons (Fsp3) is 0.273. The van der Waals surface area contributed by atoms with E-state index >= 15 is 0 Å². The molecule has 5 rings (SSSR count). The van der Waals surface area contributed by atoms with E-state index in [0.29, 0.717) is 12.5 Å². The molecule has 0 aliphatic carbocycles. The smallest absolute Gasteiger partial charge is 0.226 e. The van der Waals surface area contributed by atoms with Crippen molar-refractivity contribution in [2.24, 2.45) is 0 Å². The molecule has 2 aromatic heterocycles. The average Bonchev–Trinajstić information content (AvgIpc) is 3.18. The first kappa shape index (κ1) is 17.9. The maximum absolute atomic E-state index is 6.01. The molecular formula is C22H22N4O3. The second-order valence-corrected chi connectivity index (χ2v) is 7.07. The summed E-state index contributed by atoms with van der Waals surface area (Å²) >= 11 is 0. The summed E-state index contributed by atoms with van der Waals surface area (Å²) in [6.45, 7) is 4.73. The number of fused-ring (bicyclic) bond motifs is 2. The number of hydrogen-bond acceptors (Lipinski definition) is 7. The Morgan fingerprint density at radius 3 is 2.76 bits per heavy atom. The first-order valence-corrected chi connectivity index (χ1v) is 9.75. The second-order valence-electron chi connectivity index (χ2n) is 7.07. The molecule has 0 bridgehead atoms. The number of furan rings is 1. The number of nitrogen functional groups attached to an aromatic ring is 1. The van der Waals surface area contributed by atoms with Gasteiger partial charge in [-0.2, -0.15) is 4.98 Å². The minimum atomic E-state index is 0.204. The van der Waals surface area contributed by atoms with Crippen molar-refractivity contribution in [2.45, 2.75) is 0 Å². The van der Waals surface area contributed by atoms with Gasteiger partial charge in [-0.05, 0) is 30.3 Å². The molecule has 1 saturated heterocycles. The van der Waals surface area contributed by atoms with Crippen LogP contribution in [0.3, 0.4) is 0 Å². The van der Waals surface area contributed by atoms with Crippen LogP contribution < -0.4 is 10.5 Å². The number of morpholine rings is 1. The molecule has 2 aromatic carbocycles. The lowest BCUT2D eigenvalue weighted by molar-refractivity contribution is 0.0321. The molecule has 0 saturated carbocycles. The monoisotopic (exact) mass is 390 g/mol. The Balaban J connectivity index is 1.44. The van der Waals surface area contributed by atoms with Gasteiger partial charge in [0.05, 0.1) is 24.1 Å². The highest BCUT2D eigenvalue weighted by atomic mass is 16.5. The van der Waals surface area contributed by atoms with Gasteiger partial charge in [0.15, 0.2) is 0 Å². The normalized spacial score (nSPS) is 15.2. The molecule has 29 heavy (non-hydrogen) atoms. The number of benzene rings is 2. The van der Waals surface area contributed by atoms with Crippen molar-refractivity contribution in [3.8, 4) is 17.2 Å². The topological polar surface area (TPSA) is 86.6 Å². The van der Waals surface area contributed by atoms with Crippen LogP contribution in [-0.2, 0) is 4.74 Å². The minimum absolute atomic E-state index is 0.204. The lowest BCUT2D eigenvalue weighted by Crippen LogP contribution is -2.38. The summed E-state index contributed by atoms with van der Waals surface area (Å²) in [5.74, 6) is 1.50. The van der Waals surface area contributed by atoms with Gasteiger partial charge in [-0.3, -0.25) is 4.90 Å². The predicted octanol–water partition coefficient (Wildman–Crippen LogP) is 3.34. The summed E-state index contributed by atoms with van der Waals surface area (Å²) < 4.78 is 17.4. The second kappa shape index (κ2) is 7.69. The van der Waals surface area contributed by atoms with Crippen LogP contribution in [0.1, 0.15) is 0 Å². The zero-order valence-corrected chi connectivity index (χ0v) is 16.0. The molecule has 7 heteroatoms. The van der Waals surface area contributed by atoms with Crippen LogP contribution >= 0.6 is 0 Å². The van der Waals surface area contributed by atoms with Gasteiger partial charge in [0, 0.05) is 30.6 Å². The number of hydrogen-bond donors (Lipinski definition) is 1. The molecule has 7 nitrogen and oxygen atoms in total. The Morgan fingerprint density at radius 2 is 1.90 bits per heavy atom. The highest BCUT2D eigenvalue weighted by Crippen LogP contribution is 2.32. The number of nitrogens with zero attached hydrogens (tertiary/aromatic N) is 3. The number of para-hydroxylation sites is 1. The van der Waals surface area contributed by atoms with Gasteiger partial charge in [0.25, 0.3) is 0 Å². The third-order valence-electron chi connectivity index (χ3n) is 5.14. The molecule has 2 N–H and O–H groups in total. The molecule has 0 spiro atoms. The number of anilines is 1. The van der Waals surface area contributed by atoms with E-state index in [1.807, 2.05) is 48.5 Å². The number of aromatic nitrogens is 2. The molecule has 1 fully saturated rings.